The van der Waals surface area contributed by atoms with Crippen LogP contribution in [-0.2, 0) is 7.05 Å². The highest BCUT2D eigenvalue weighted by Gasteiger charge is 2.41. The van der Waals surface area contributed by atoms with Crippen molar-refractivity contribution >= 4 is 5.69 Å². The zero-order chi connectivity index (χ0) is 11.3. The molecule has 1 aromatic rings. The number of aromatic nitrogens is 2. The smallest absolute Gasteiger partial charge is 0.0827 e. The molecule has 3 heteroatoms. The number of rotatable bonds is 2. The lowest BCUT2D eigenvalue weighted by atomic mass is 9.71. The summed E-state index contributed by atoms with van der Waals surface area (Å²) in [6.07, 6.45) is 7.31. The molecule has 3 unspecified atom stereocenters. The van der Waals surface area contributed by atoms with Crippen molar-refractivity contribution in [3.63, 3.8) is 0 Å². The number of fused-ring (bicyclic) bond motifs is 1. The lowest BCUT2D eigenvalue weighted by molar-refractivity contribution is 0.218. The van der Waals surface area contributed by atoms with Gasteiger partial charge in [-0.1, -0.05) is 12.2 Å². The van der Waals surface area contributed by atoms with Gasteiger partial charge in [0, 0.05) is 19.0 Å². The summed E-state index contributed by atoms with van der Waals surface area (Å²) in [7, 11) is 2.01. The lowest BCUT2D eigenvalue weighted by Gasteiger charge is -2.41. The Hall–Kier alpha value is -1.25. The maximum Gasteiger partial charge on any atom is 0.0827 e. The van der Waals surface area contributed by atoms with Crippen LogP contribution in [-0.4, -0.2) is 15.8 Å². The molecule has 16 heavy (non-hydrogen) atoms. The third-order valence-electron chi connectivity index (χ3n) is 4.20. The predicted octanol–water partition coefficient (Wildman–Crippen LogP) is 2.41. The molecule has 3 rings (SSSR count). The highest BCUT2D eigenvalue weighted by atomic mass is 15.3. The van der Waals surface area contributed by atoms with Gasteiger partial charge in [-0.2, -0.15) is 5.10 Å². The third kappa shape index (κ3) is 1.30. The Morgan fingerprint density at radius 2 is 2.25 bits per heavy atom. The third-order valence-corrected chi connectivity index (χ3v) is 4.20. The maximum absolute atomic E-state index is 4.44. The highest BCUT2D eigenvalue weighted by molar-refractivity contribution is 5.53. The summed E-state index contributed by atoms with van der Waals surface area (Å²) in [5.74, 6) is 1.67. The number of allylic oxidation sites excluding steroid dienone is 1. The van der Waals surface area contributed by atoms with Crippen LogP contribution in [0.25, 0.3) is 0 Å². The molecule has 1 heterocycles. The van der Waals surface area contributed by atoms with E-state index < -0.39 is 0 Å². The first-order chi connectivity index (χ1) is 7.66. The van der Waals surface area contributed by atoms with Crippen molar-refractivity contribution in [1.29, 1.82) is 0 Å². The molecule has 0 spiro atoms. The Morgan fingerprint density at radius 1 is 1.44 bits per heavy atom. The van der Waals surface area contributed by atoms with Gasteiger partial charge in [0.2, 0.25) is 0 Å². The second-order valence-electron chi connectivity index (χ2n) is 5.16. The number of nitrogens with zero attached hydrogens (tertiary/aromatic N) is 2. The minimum absolute atomic E-state index is 0.630. The van der Waals surface area contributed by atoms with Crippen molar-refractivity contribution in [3.8, 4) is 0 Å². The number of hydrogen-bond acceptors (Lipinski definition) is 2. The molecule has 1 N–H and O–H groups in total. The number of nitrogens with one attached hydrogen (secondary N) is 1. The fourth-order valence-corrected chi connectivity index (χ4v) is 3.05. The summed E-state index contributed by atoms with van der Waals surface area (Å²) in [5, 5.41) is 8.12. The van der Waals surface area contributed by atoms with E-state index in [9.17, 15) is 0 Å². The van der Waals surface area contributed by atoms with E-state index >= 15 is 0 Å². The fourth-order valence-electron chi connectivity index (χ4n) is 3.05. The van der Waals surface area contributed by atoms with Crippen molar-refractivity contribution in [2.45, 2.75) is 32.7 Å². The van der Waals surface area contributed by atoms with Gasteiger partial charge in [0.15, 0.2) is 0 Å². The summed E-state index contributed by atoms with van der Waals surface area (Å²) in [5.41, 5.74) is 3.60. The summed E-state index contributed by atoms with van der Waals surface area (Å²) in [6.45, 7) is 4.21. The van der Waals surface area contributed by atoms with Gasteiger partial charge in [-0.3, -0.25) is 4.68 Å². The summed E-state index contributed by atoms with van der Waals surface area (Å²) in [4.78, 5) is 0. The Kier molecular flexibility index (Phi) is 2.09. The van der Waals surface area contributed by atoms with E-state index in [0.717, 1.165) is 17.5 Å². The van der Waals surface area contributed by atoms with Crippen molar-refractivity contribution in [3.05, 3.63) is 23.5 Å². The second kappa shape index (κ2) is 3.37. The molecule has 86 valence electrons. The van der Waals surface area contributed by atoms with E-state index in [1.165, 1.54) is 24.2 Å². The minimum atomic E-state index is 0.630. The van der Waals surface area contributed by atoms with Gasteiger partial charge in [-0.15, -0.1) is 0 Å². The van der Waals surface area contributed by atoms with Crippen molar-refractivity contribution in [2.24, 2.45) is 18.9 Å². The Morgan fingerprint density at radius 3 is 2.88 bits per heavy atom. The molecular formula is C13H19N3. The second-order valence-corrected chi connectivity index (χ2v) is 5.16. The lowest BCUT2D eigenvalue weighted by Crippen LogP contribution is -2.43. The van der Waals surface area contributed by atoms with E-state index in [-0.39, 0.29) is 0 Å². The quantitative estimate of drug-likeness (QED) is 0.771. The van der Waals surface area contributed by atoms with Gasteiger partial charge in [0.05, 0.1) is 17.1 Å². The van der Waals surface area contributed by atoms with Crippen molar-refractivity contribution < 1.29 is 0 Å². The molecule has 0 aromatic carbocycles. The van der Waals surface area contributed by atoms with E-state index in [1.807, 2.05) is 11.7 Å². The minimum Gasteiger partial charge on any atom is -0.379 e. The Balaban J connectivity index is 1.77. The molecular weight excluding hydrogens is 198 g/mol. The van der Waals surface area contributed by atoms with Crippen molar-refractivity contribution in [2.75, 3.05) is 5.32 Å². The van der Waals surface area contributed by atoms with Gasteiger partial charge in [-0.25, -0.2) is 0 Å². The molecule has 1 saturated carbocycles. The Bertz CT molecular complexity index is 444. The molecule has 1 fully saturated rings. The first kappa shape index (κ1) is 9.94. The van der Waals surface area contributed by atoms with E-state index in [4.69, 9.17) is 0 Å². The van der Waals surface area contributed by atoms with Gasteiger partial charge in [-0.05, 0) is 32.6 Å². The first-order valence-corrected chi connectivity index (χ1v) is 6.10. The fraction of sp³-hybridized carbons (Fsp3) is 0.615. The predicted molar refractivity (Wildman–Crippen MR) is 65.4 cm³/mol. The van der Waals surface area contributed by atoms with Gasteiger partial charge in [0.1, 0.15) is 0 Å². The summed E-state index contributed by atoms with van der Waals surface area (Å²) in [6, 6.07) is 0.630. The zero-order valence-electron chi connectivity index (χ0n) is 10.2. The summed E-state index contributed by atoms with van der Waals surface area (Å²) < 4.78 is 1.96. The van der Waals surface area contributed by atoms with Crippen LogP contribution >= 0.6 is 0 Å². The van der Waals surface area contributed by atoms with Crippen LogP contribution in [0.5, 0.6) is 0 Å². The number of hydrogen-bond donors (Lipinski definition) is 1. The number of aryl methyl sites for hydroxylation is 2. The number of anilines is 1. The first-order valence-electron chi connectivity index (χ1n) is 6.10. The topological polar surface area (TPSA) is 29.9 Å². The van der Waals surface area contributed by atoms with Crippen LogP contribution in [0.15, 0.2) is 12.2 Å². The molecule has 2 aliphatic rings. The van der Waals surface area contributed by atoms with Crippen LogP contribution in [0.3, 0.4) is 0 Å². The van der Waals surface area contributed by atoms with Crippen LogP contribution in [0.1, 0.15) is 24.2 Å². The zero-order valence-corrected chi connectivity index (χ0v) is 10.2. The molecule has 0 bridgehead atoms. The average Bonchev–Trinajstić information content (AvgIpc) is 2.69. The standard InChI is InChI=1S/C13H19N3/c1-8-13(9(2)16(3)15-8)14-12-7-10-5-4-6-11(10)12/h4,6,10-12,14H,5,7H2,1-3H3. The molecule has 3 nitrogen and oxygen atoms in total. The molecule has 1 aromatic heterocycles. The van der Waals surface area contributed by atoms with Gasteiger partial charge < -0.3 is 5.32 Å². The molecule has 3 atom stereocenters. The largest absolute Gasteiger partial charge is 0.379 e. The van der Waals surface area contributed by atoms with Gasteiger partial charge in [0.25, 0.3) is 0 Å². The highest BCUT2D eigenvalue weighted by Crippen LogP contribution is 2.44. The SMILES string of the molecule is Cc1nn(C)c(C)c1NC1CC2CC=CC21. The molecule has 0 radical (unpaired) electrons. The van der Waals surface area contributed by atoms with Crippen LogP contribution in [0, 0.1) is 25.7 Å². The molecule has 0 amide bonds. The van der Waals surface area contributed by atoms with E-state index in [0.29, 0.717) is 6.04 Å². The monoisotopic (exact) mass is 217 g/mol. The average molecular weight is 217 g/mol. The summed E-state index contributed by atoms with van der Waals surface area (Å²) >= 11 is 0. The van der Waals surface area contributed by atoms with Crippen molar-refractivity contribution in [1.82, 2.24) is 9.78 Å². The van der Waals surface area contributed by atoms with E-state index in [2.05, 4.69) is 36.4 Å². The van der Waals surface area contributed by atoms with Crippen LogP contribution in [0.2, 0.25) is 0 Å². The van der Waals surface area contributed by atoms with Crippen LogP contribution in [0.4, 0.5) is 5.69 Å². The van der Waals surface area contributed by atoms with Gasteiger partial charge >= 0.3 is 0 Å². The molecule has 0 aliphatic heterocycles. The molecule has 0 saturated heterocycles. The Labute approximate surface area is 96.5 Å². The maximum atomic E-state index is 4.44. The van der Waals surface area contributed by atoms with E-state index in [1.54, 1.807) is 0 Å². The normalized spacial score (nSPS) is 31.3. The molecule has 2 aliphatic carbocycles. The van der Waals surface area contributed by atoms with Crippen LogP contribution < -0.4 is 5.32 Å².